The Morgan fingerprint density at radius 3 is 2.09 bits per heavy atom. The van der Waals surface area contributed by atoms with E-state index in [-0.39, 0.29) is 17.1 Å². The Morgan fingerprint density at radius 2 is 1.59 bits per heavy atom. The van der Waals surface area contributed by atoms with Gasteiger partial charge < -0.3 is 4.74 Å². The van der Waals surface area contributed by atoms with E-state index in [2.05, 4.69) is 0 Å². The lowest BCUT2D eigenvalue weighted by molar-refractivity contribution is 0.0993. The van der Waals surface area contributed by atoms with Crippen molar-refractivity contribution in [1.82, 2.24) is 0 Å². The molecule has 2 aromatic carbocycles. The second-order valence-corrected chi connectivity index (χ2v) is 6.99. The minimum absolute atomic E-state index is 0.0517. The van der Waals surface area contributed by atoms with Crippen molar-refractivity contribution >= 4 is 15.6 Å². The Hall–Kier alpha value is -2.14. The molecule has 0 aromatic heterocycles. The Kier molecular flexibility index (Phi) is 4.98. The van der Waals surface area contributed by atoms with Crippen LogP contribution in [0.5, 0.6) is 5.75 Å². The summed E-state index contributed by atoms with van der Waals surface area (Å²) in [5, 5.41) is 0. The number of ketones is 1. The van der Waals surface area contributed by atoms with Gasteiger partial charge in [0.05, 0.1) is 11.5 Å². The van der Waals surface area contributed by atoms with Gasteiger partial charge in [0.1, 0.15) is 5.75 Å². The van der Waals surface area contributed by atoms with Crippen molar-refractivity contribution in [2.24, 2.45) is 0 Å². The first-order valence-corrected chi connectivity index (χ1v) is 8.84. The van der Waals surface area contributed by atoms with Crippen LogP contribution in [0.4, 0.5) is 0 Å². The molecule has 0 radical (unpaired) electrons. The molecule has 2 aromatic rings. The highest BCUT2D eigenvalue weighted by atomic mass is 32.2. The van der Waals surface area contributed by atoms with E-state index in [0.29, 0.717) is 12.2 Å². The van der Waals surface area contributed by atoms with E-state index in [0.717, 1.165) is 17.6 Å². The van der Waals surface area contributed by atoms with E-state index < -0.39 is 9.84 Å². The summed E-state index contributed by atoms with van der Waals surface area (Å²) in [7, 11) is -3.24. The van der Waals surface area contributed by atoms with Gasteiger partial charge in [-0.05, 0) is 36.8 Å². The molecule has 0 atom stereocenters. The summed E-state index contributed by atoms with van der Waals surface area (Å²) in [6.07, 6.45) is 1.41. The molecule has 116 valence electrons. The van der Waals surface area contributed by atoms with Gasteiger partial charge in [0.2, 0.25) is 0 Å². The summed E-state index contributed by atoms with van der Waals surface area (Å²) in [4.78, 5) is 12.4. The third-order valence-electron chi connectivity index (χ3n) is 3.20. The van der Waals surface area contributed by atoms with Crippen LogP contribution in [0.2, 0.25) is 0 Å². The lowest BCUT2D eigenvalue weighted by atomic mass is 10.0. The molecule has 0 fully saturated rings. The topological polar surface area (TPSA) is 60.4 Å². The monoisotopic (exact) mass is 318 g/mol. The van der Waals surface area contributed by atoms with Crippen molar-refractivity contribution < 1.29 is 17.9 Å². The molecule has 0 aliphatic rings. The summed E-state index contributed by atoms with van der Waals surface area (Å²) in [5.41, 5.74) is 1.39. The van der Waals surface area contributed by atoms with Gasteiger partial charge in [-0.15, -0.1) is 0 Å². The summed E-state index contributed by atoms with van der Waals surface area (Å²) >= 11 is 0. The Balaban J connectivity index is 2.08. The number of ether oxygens (including phenoxy) is 1. The van der Waals surface area contributed by atoms with Crippen LogP contribution in [0.25, 0.3) is 0 Å². The molecule has 0 heterocycles. The molecule has 0 unspecified atom stereocenters. The van der Waals surface area contributed by atoms with E-state index in [9.17, 15) is 13.2 Å². The number of hydrogen-bond donors (Lipinski definition) is 0. The highest BCUT2D eigenvalue weighted by Crippen LogP contribution is 2.15. The fraction of sp³-hybridized carbons (Fsp3) is 0.235. The first kappa shape index (κ1) is 16.2. The van der Waals surface area contributed by atoms with Crippen LogP contribution < -0.4 is 4.74 Å². The molecule has 0 bridgehead atoms. The van der Waals surface area contributed by atoms with Gasteiger partial charge in [-0.1, -0.05) is 24.3 Å². The molecule has 0 N–H and O–H groups in total. The molecule has 0 spiro atoms. The fourth-order valence-corrected chi connectivity index (χ4v) is 2.68. The highest BCUT2D eigenvalue weighted by molar-refractivity contribution is 7.90. The number of hydrogen-bond acceptors (Lipinski definition) is 4. The van der Waals surface area contributed by atoms with Gasteiger partial charge in [0.25, 0.3) is 0 Å². The number of benzene rings is 2. The van der Waals surface area contributed by atoms with Crippen molar-refractivity contribution in [3.05, 3.63) is 59.7 Å². The number of sulfone groups is 1. The van der Waals surface area contributed by atoms with E-state index in [4.69, 9.17) is 4.74 Å². The zero-order chi connectivity index (χ0) is 16.2. The minimum Gasteiger partial charge on any atom is -0.494 e. The maximum atomic E-state index is 12.2. The number of rotatable bonds is 6. The SMILES string of the molecule is CCOc1ccc(CC(=O)c2ccc(S(C)(=O)=O)cc2)cc1. The largest absolute Gasteiger partial charge is 0.494 e. The van der Waals surface area contributed by atoms with Crippen molar-refractivity contribution in [2.45, 2.75) is 18.2 Å². The average molecular weight is 318 g/mol. The first-order valence-electron chi connectivity index (χ1n) is 6.95. The van der Waals surface area contributed by atoms with Gasteiger partial charge in [0.15, 0.2) is 15.6 Å². The maximum Gasteiger partial charge on any atom is 0.175 e. The molecule has 5 heteroatoms. The van der Waals surface area contributed by atoms with Crippen molar-refractivity contribution in [3.8, 4) is 5.75 Å². The van der Waals surface area contributed by atoms with Gasteiger partial charge >= 0.3 is 0 Å². The molecular formula is C17H18O4S. The summed E-state index contributed by atoms with van der Waals surface area (Å²) < 4.78 is 28.1. The van der Waals surface area contributed by atoms with Gasteiger partial charge in [0, 0.05) is 18.2 Å². The van der Waals surface area contributed by atoms with Crippen LogP contribution >= 0.6 is 0 Å². The third-order valence-corrected chi connectivity index (χ3v) is 4.33. The summed E-state index contributed by atoms with van der Waals surface area (Å²) in [5.74, 6) is 0.723. The Labute approximate surface area is 130 Å². The zero-order valence-electron chi connectivity index (χ0n) is 12.6. The Morgan fingerprint density at radius 1 is 1.00 bits per heavy atom. The minimum atomic E-state index is -3.24. The van der Waals surface area contributed by atoms with E-state index in [1.54, 1.807) is 12.1 Å². The molecule has 0 amide bonds. The number of carbonyl (C=O) groups excluding carboxylic acids is 1. The molecule has 4 nitrogen and oxygen atoms in total. The predicted octanol–water partition coefficient (Wildman–Crippen LogP) is 2.91. The normalized spacial score (nSPS) is 11.2. The summed E-state index contributed by atoms with van der Waals surface area (Å²) in [6, 6.07) is 13.4. The van der Waals surface area contributed by atoms with Crippen LogP contribution in [0.3, 0.4) is 0 Å². The maximum absolute atomic E-state index is 12.2. The van der Waals surface area contributed by atoms with E-state index >= 15 is 0 Å². The predicted molar refractivity (Wildman–Crippen MR) is 85.2 cm³/mol. The smallest absolute Gasteiger partial charge is 0.175 e. The lowest BCUT2D eigenvalue weighted by Crippen LogP contribution is -2.04. The Bertz CT molecular complexity index is 744. The lowest BCUT2D eigenvalue weighted by Gasteiger charge is -2.05. The van der Waals surface area contributed by atoms with Crippen molar-refractivity contribution in [3.63, 3.8) is 0 Å². The zero-order valence-corrected chi connectivity index (χ0v) is 13.4. The van der Waals surface area contributed by atoms with Gasteiger partial charge in [-0.2, -0.15) is 0 Å². The quantitative estimate of drug-likeness (QED) is 0.768. The second kappa shape index (κ2) is 6.75. The van der Waals surface area contributed by atoms with Crippen LogP contribution in [0, 0.1) is 0 Å². The van der Waals surface area contributed by atoms with Crippen LogP contribution in [-0.4, -0.2) is 27.1 Å². The molecule has 22 heavy (non-hydrogen) atoms. The number of carbonyl (C=O) groups is 1. The third kappa shape index (κ3) is 4.18. The number of Topliss-reactive ketones (excluding diaryl/α,β-unsaturated/α-hetero) is 1. The summed E-state index contributed by atoms with van der Waals surface area (Å²) in [6.45, 7) is 2.52. The van der Waals surface area contributed by atoms with Gasteiger partial charge in [-0.3, -0.25) is 4.79 Å². The van der Waals surface area contributed by atoms with Crippen LogP contribution in [-0.2, 0) is 16.3 Å². The van der Waals surface area contributed by atoms with E-state index in [1.165, 1.54) is 12.1 Å². The molecule has 2 rings (SSSR count). The van der Waals surface area contributed by atoms with Crippen molar-refractivity contribution in [1.29, 1.82) is 0 Å². The standard InChI is InChI=1S/C17H18O4S/c1-3-21-15-8-4-13(5-9-15)12-17(18)14-6-10-16(11-7-14)22(2,19)20/h4-11H,3,12H2,1-2H3. The average Bonchev–Trinajstić information content (AvgIpc) is 2.49. The van der Waals surface area contributed by atoms with Crippen LogP contribution in [0.1, 0.15) is 22.8 Å². The van der Waals surface area contributed by atoms with Gasteiger partial charge in [-0.25, -0.2) is 8.42 Å². The first-order chi connectivity index (χ1) is 10.4. The molecular weight excluding hydrogens is 300 g/mol. The fourth-order valence-electron chi connectivity index (χ4n) is 2.05. The van der Waals surface area contributed by atoms with E-state index in [1.807, 2.05) is 31.2 Å². The molecule has 0 saturated heterocycles. The molecule has 0 aliphatic carbocycles. The van der Waals surface area contributed by atoms with Crippen molar-refractivity contribution in [2.75, 3.05) is 12.9 Å². The van der Waals surface area contributed by atoms with Crippen LogP contribution in [0.15, 0.2) is 53.4 Å². The second-order valence-electron chi connectivity index (χ2n) is 4.97. The highest BCUT2D eigenvalue weighted by Gasteiger charge is 2.10. The molecule has 0 saturated carbocycles. The molecule has 0 aliphatic heterocycles.